The number of aliphatic carboxylic acids is 1. The third-order valence-electron chi connectivity index (χ3n) is 3.56. The van der Waals surface area contributed by atoms with Gasteiger partial charge in [-0.1, -0.05) is 39.5 Å². The zero-order valence-electron chi connectivity index (χ0n) is 12.1. The molecule has 0 radical (unpaired) electrons. The van der Waals surface area contributed by atoms with E-state index in [4.69, 9.17) is 0 Å². The Balaban J connectivity index is 2.86. The monoisotopic (exact) mass is 278 g/mol. The van der Waals surface area contributed by atoms with Gasteiger partial charge in [-0.25, -0.2) is 9.97 Å². The third-order valence-corrected chi connectivity index (χ3v) is 3.56. The van der Waals surface area contributed by atoms with Crippen LogP contribution < -0.4 is 0 Å². The van der Waals surface area contributed by atoms with Gasteiger partial charge in [-0.05, 0) is 18.4 Å². The largest absolute Gasteiger partial charge is 0.481 e. The zero-order chi connectivity index (χ0) is 15.0. The van der Waals surface area contributed by atoms with E-state index < -0.39 is 17.7 Å². The molecule has 0 fully saturated rings. The van der Waals surface area contributed by atoms with Gasteiger partial charge in [0.15, 0.2) is 5.78 Å². The molecule has 0 aliphatic heterocycles. The number of Topliss-reactive ketones (excluding diaryl/α,β-unsaturated/α-hetero) is 1. The number of hydrogen-bond acceptors (Lipinski definition) is 4. The Kier molecular flexibility index (Phi) is 6.84. The second-order valence-corrected chi connectivity index (χ2v) is 4.94. The molecule has 0 aliphatic carbocycles. The lowest BCUT2D eigenvalue weighted by atomic mass is 9.82. The van der Waals surface area contributed by atoms with Gasteiger partial charge in [-0.3, -0.25) is 9.59 Å². The highest BCUT2D eigenvalue weighted by Gasteiger charge is 2.34. The van der Waals surface area contributed by atoms with E-state index in [1.54, 1.807) is 0 Å². The standard InChI is InChI=1S/C15H22N2O3/c1-3-5-6-7-11(4-2)13(15(19)20)14(18)12-8-9-16-10-17-12/h8-11,13H,3-7H2,1-2H3,(H,19,20). The van der Waals surface area contributed by atoms with Gasteiger partial charge >= 0.3 is 5.97 Å². The van der Waals surface area contributed by atoms with Crippen LogP contribution >= 0.6 is 0 Å². The van der Waals surface area contributed by atoms with Gasteiger partial charge < -0.3 is 5.11 Å². The third kappa shape index (κ3) is 4.40. The minimum Gasteiger partial charge on any atom is -0.481 e. The second kappa shape index (κ2) is 8.40. The van der Waals surface area contributed by atoms with E-state index in [1.807, 2.05) is 6.92 Å². The SMILES string of the molecule is CCCCCC(CC)C(C(=O)O)C(=O)c1ccncn1. The number of unbranched alkanes of at least 4 members (excludes halogenated alkanes) is 2. The average Bonchev–Trinajstić information content (AvgIpc) is 2.46. The molecule has 1 aromatic heterocycles. The maximum absolute atomic E-state index is 12.3. The van der Waals surface area contributed by atoms with Crippen LogP contribution in [0.25, 0.3) is 0 Å². The molecule has 0 spiro atoms. The van der Waals surface area contributed by atoms with E-state index in [-0.39, 0.29) is 11.6 Å². The fourth-order valence-corrected chi connectivity index (χ4v) is 2.39. The quantitative estimate of drug-likeness (QED) is 0.426. The smallest absolute Gasteiger partial charge is 0.314 e. The molecule has 1 N–H and O–H groups in total. The number of nitrogens with zero attached hydrogens (tertiary/aromatic N) is 2. The fraction of sp³-hybridized carbons (Fsp3) is 0.600. The molecular weight excluding hydrogens is 256 g/mol. The predicted molar refractivity (Wildman–Crippen MR) is 75.4 cm³/mol. The van der Waals surface area contributed by atoms with Gasteiger partial charge in [0.2, 0.25) is 0 Å². The number of carboxylic acid groups (broad SMARTS) is 1. The number of ketones is 1. The van der Waals surface area contributed by atoms with Crippen molar-refractivity contribution < 1.29 is 14.7 Å². The van der Waals surface area contributed by atoms with Crippen LogP contribution in [-0.4, -0.2) is 26.8 Å². The van der Waals surface area contributed by atoms with Crippen LogP contribution in [0.2, 0.25) is 0 Å². The molecule has 2 unspecified atom stereocenters. The minimum absolute atomic E-state index is 0.137. The van der Waals surface area contributed by atoms with Crippen molar-refractivity contribution in [2.75, 3.05) is 0 Å². The number of aromatic nitrogens is 2. The molecule has 0 aromatic carbocycles. The minimum atomic E-state index is -1.06. The molecule has 1 heterocycles. The molecule has 0 aliphatic rings. The van der Waals surface area contributed by atoms with Gasteiger partial charge in [-0.15, -0.1) is 0 Å². The lowest BCUT2D eigenvalue weighted by molar-refractivity contribution is -0.141. The summed E-state index contributed by atoms with van der Waals surface area (Å²) in [5, 5.41) is 9.40. The Hall–Kier alpha value is -1.78. The van der Waals surface area contributed by atoms with E-state index in [2.05, 4.69) is 16.9 Å². The van der Waals surface area contributed by atoms with E-state index in [1.165, 1.54) is 18.6 Å². The summed E-state index contributed by atoms with van der Waals surface area (Å²) in [5.41, 5.74) is 0.182. The summed E-state index contributed by atoms with van der Waals surface area (Å²) < 4.78 is 0. The second-order valence-electron chi connectivity index (χ2n) is 4.94. The number of carbonyl (C=O) groups excluding carboxylic acids is 1. The van der Waals surface area contributed by atoms with Gasteiger partial charge in [0.05, 0.1) is 0 Å². The highest BCUT2D eigenvalue weighted by Crippen LogP contribution is 2.26. The van der Waals surface area contributed by atoms with E-state index in [0.717, 1.165) is 25.7 Å². The van der Waals surface area contributed by atoms with Gasteiger partial charge in [0.25, 0.3) is 0 Å². The summed E-state index contributed by atoms with van der Waals surface area (Å²) in [6.45, 7) is 4.03. The summed E-state index contributed by atoms with van der Waals surface area (Å²) in [4.78, 5) is 31.4. The highest BCUT2D eigenvalue weighted by molar-refractivity contribution is 6.07. The maximum Gasteiger partial charge on any atom is 0.314 e. The number of hydrogen-bond donors (Lipinski definition) is 1. The highest BCUT2D eigenvalue weighted by atomic mass is 16.4. The normalized spacial score (nSPS) is 13.7. The number of carbonyl (C=O) groups is 2. The van der Waals surface area contributed by atoms with Crippen molar-refractivity contribution >= 4 is 11.8 Å². The van der Waals surface area contributed by atoms with Gasteiger partial charge in [-0.2, -0.15) is 0 Å². The van der Waals surface area contributed by atoms with Crippen molar-refractivity contribution in [2.45, 2.75) is 46.0 Å². The lowest BCUT2D eigenvalue weighted by Crippen LogP contribution is -2.32. The summed E-state index contributed by atoms with van der Waals surface area (Å²) in [5.74, 6) is -2.62. The molecule has 1 rings (SSSR count). The maximum atomic E-state index is 12.3. The van der Waals surface area contributed by atoms with Crippen LogP contribution in [0, 0.1) is 11.8 Å². The molecule has 0 saturated heterocycles. The van der Waals surface area contributed by atoms with Gasteiger partial charge in [0, 0.05) is 6.20 Å². The first kappa shape index (κ1) is 16.3. The molecule has 0 bridgehead atoms. The van der Waals surface area contributed by atoms with Crippen LogP contribution in [0.5, 0.6) is 0 Å². The number of rotatable bonds is 9. The van der Waals surface area contributed by atoms with Crippen LogP contribution in [-0.2, 0) is 4.79 Å². The summed E-state index contributed by atoms with van der Waals surface area (Å²) >= 11 is 0. The van der Waals surface area contributed by atoms with Crippen molar-refractivity contribution in [3.8, 4) is 0 Å². The Bertz CT molecular complexity index is 434. The first-order valence-electron chi connectivity index (χ1n) is 7.14. The molecule has 5 nitrogen and oxygen atoms in total. The van der Waals surface area contributed by atoms with Crippen molar-refractivity contribution in [3.05, 3.63) is 24.3 Å². The van der Waals surface area contributed by atoms with Crippen molar-refractivity contribution in [3.63, 3.8) is 0 Å². The van der Waals surface area contributed by atoms with E-state index in [9.17, 15) is 14.7 Å². The topological polar surface area (TPSA) is 80.1 Å². The first-order valence-corrected chi connectivity index (χ1v) is 7.14. The van der Waals surface area contributed by atoms with E-state index in [0.29, 0.717) is 6.42 Å². The first-order chi connectivity index (χ1) is 9.61. The molecule has 110 valence electrons. The van der Waals surface area contributed by atoms with Crippen LogP contribution in [0.3, 0.4) is 0 Å². The van der Waals surface area contributed by atoms with Crippen LogP contribution in [0.15, 0.2) is 18.6 Å². The summed E-state index contributed by atoms with van der Waals surface area (Å²) in [7, 11) is 0. The van der Waals surface area contributed by atoms with Gasteiger partial charge in [0.1, 0.15) is 17.9 Å². The Labute approximate surface area is 119 Å². The van der Waals surface area contributed by atoms with Crippen molar-refractivity contribution in [1.29, 1.82) is 0 Å². The van der Waals surface area contributed by atoms with Crippen molar-refractivity contribution in [2.24, 2.45) is 11.8 Å². The summed E-state index contributed by atoms with van der Waals surface area (Å²) in [6.07, 6.45) is 7.26. The molecule has 0 saturated carbocycles. The van der Waals surface area contributed by atoms with E-state index >= 15 is 0 Å². The predicted octanol–water partition coefficient (Wildman–Crippen LogP) is 2.97. The fourth-order valence-electron chi connectivity index (χ4n) is 2.39. The Morgan fingerprint density at radius 3 is 2.55 bits per heavy atom. The Morgan fingerprint density at radius 2 is 2.05 bits per heavy atom. The van der Waals surface area contributed by atoms with Crippen molar-refractivity contribution in [1.82, 2.24) is 9.97 Å². The molecule has 0 amide bonds. The zero-order valence-corrected chi connectivity index (χ0v) is 12.1. The molecular formula is C15H22N2O3. The Morgan fingerprint density at radius 1 is 1.30 bits per heavy atom. The van der Waals surface area contributed by atoms with Crippen LogP contribution in [0.4, 0.5) is 0 Å². The van der Waals surface area contributed by atoms with Crippen LogP contribution in [0.1, 0.15) is 56.4 Å². The average molecular weight is 278 g/mol. The number of carboxylic acids is 1. The molecule has 20 heavy (non-hydrogen) atoms. The molecule has 1 aromatic rings. The lowest BCUT2D eigenvalue weighted by Gasteiger charge is -2.21. The molecule has 2 atom stereocenters. The summed E-state index contributed by atoms with van der Waals surface area (Å²) in [6, 6.07) is 1.47. The molecule has 5 heteroatoms.